The maximum Gasteiger partial charge on any atom is 0.265 e. The van der Waals surface area contributed by atoms with Crippen molar-refractivity contribution in [3.05, 3.63) is 33.3 Å². The third-order valence-corrected chi connectivity index (χ3v) is 3.17. The van der Waals surface area contributed by atoms with Crippen LogP contribution < -0.4 is 5.32 Å². The van der Waals surface area contributed by atoms with Crippen LogP contribution >= 0.6 is 27.5 Å². The lowest BCUT2D eigenvalue weighted by molar-refractivity contribution is -0.00340. The predicted molar refractivity (Wildman–Crippen MR) is 62.9 cm³/mol. The molecule has 1 rings (SSSR count). The molecule has 1 unspecified atom stereocenters. The lowest BCUT2D eigenvalue weighted by Gasteiger charge is -2.10. The van der Waals surface area contributed by atoms with Crippen molar-refractivity contribution in [2.24, 2.45) is 0 Å². The van der Waals surface area contributed by atoms with Crippen LogP contribution in [0.2, 0.25) is 5.02 Å². The summed E-state index contributed by atoms with van der Waals surface area (Å²) in [6.07, 6.45) is -4.35. The molecule has 0 aliphatic rings. The zero-order valence-corrected chi connectivity index (χ0v) is 10.6. The molecule has 0 aromatic heterocycles. The Morgan fingerprint density at radius 2 is 2.12 bits per heavy atom. The fourth-order valence-electron chi connectivity index (χ4n) is 1.10. The first-order chi connectivity index (χ1) is 7.50. The molecule has 0 saturated heterocycles. The molecule has 2 nitrogen and oxygen atoms in total. The maximum atomic E-state index is 12.0. The standard InChI is InChI=1S/C10H11BrClF2NO/c11-7-3-6(1-2-8(7)12)4-15-5-9(16)10(13)14/h1-3,9-10,15-16H,4-5H2. The van der Waals surface area contributed by atoms with Crippen LogP contribution in [0.25, 0.3) is 0 Å². The minimum absolute atomic E-state index is 0.141. The van der Waals surface area contributed by atoms with E-state index < -0.39 is 12.5 Å². The molecular weight excluding hydrogens is 303 g/mol. The molecule has 1 atom stereocenters. The summed E-state index contributed by atoms with van der Waals surface area (Å²) >= 11 is 9.06. The molecule has 0 heterocycles. The van der Waals surface area contributed by atoms with Gasteiger partial charge in [-0.25, -0.2) is 8.78 Å². The molecule has 0 aliphatic carbocycles. The Hall–Kier alpha value is -0.230. The summed E-state index contributed by atoms with van der Waals surface area (Å²) in [7, 11) is 0. The second-order valence-electron chi connectivity index (χ2n) is 3.28. The van der Waals surface area contributed by atoms with Crippen molar-refractivity contribution >= 4 is 27.5 Å². The van der Waals surface area contributed by atoms with Crippen molar-refractivity contribution in [2.45, 2.75) is 19.1 Å². The van der Waals surface area contributed by atoms with E-state index in [-0.39, 0.29) is 6.54 Å². The monoisotopic (exact) mass is 313 g/mol. The molecule has 1 aromatic rings. The first-order valence-electron chi connectivity index (χ1n) is 4.61. The smallest absolute Gasteiger partial charge is 0.265 e. The lowest BCUT2D eigenvalue weighted by atomic mass is 10.2. The average molecular weight is 315 g/mol. The molecule has 6 heteroatoms. The zero-order valence-electron chi connectivity index (χ0n) is 8.26. The van der Waals surface area contributed by atoms with Crippen molar-refractivity contribution in [1.82, 2.24) is 5.32 Å². The number of halogens is 4. The molecule has 2 N–H and O–H groups in total. The van der Waals surface area contributed by atoms with Crippen LogP contribution in [0.3, 0.4) is 0 Å². The Morgan fingerprint density at radius 1 is 1.44 bits per heavy atom. The Labute approximate surface area is 106 Å². The third kappa shape index (κ3) is 4.33. The first kappa shape index (κ1) is 13.8. The van der Waals surface area contributed by atoms with Crippen molar-refractivity contribution in [3.63, 3.8) is 0 Å². The van der Waals surface area contributed by atoms with Crippen molar-refractivity contribution < 1.29 is 13.9 Å². The van der Waals surface area contributed by atoms with Crippen molar-refractivity contribution in [1.29, 1.82) is 0 Å². The molecule has 0 bridgehead atoms. The van der Waals surface area contributed by atoms with E-state index in [4.69, 9.17) is 16.7 Å². The van der Waals surface area contributed by atoms with Crippen LogP contribution in [0.5, 0.6) is 0 Å². The van der Waals surface area contributed by atoms with Crippen LogP contribution in [0.15, 0.2) is 22.7 Å². The summed E-state index contributed by atoms with van der Waals surface area (Å²) in [5.74, 6) is 0. The van der Waals surface area contributed by atoms with Crippen LogP contribution in [-0.2, 0) is 6.54 Å². The summed E-state index contributed by atoms with van der Waals surface area (Å²) in [4.78, 5) is 0. The molecule has 0 radical (unpaired) electrons. The Balaban J connectivity index is 2.40. The van der Waals surface area contributed by atoms with Crippen LogP contribution in [0.4, 0.5) is 8.78 Å². The van der Waals surface area contributed by atoms with Crippen molar-refractivity contribution in [3.8, 4) is 0 Å². The summed E-state index contributed by atoms with van der Waals surface area (Å²) < 4.78 is 24.7. The molecular formula is C10H11BrClF2NO. The fourth-order valence-corrected chi connectivity index (χ4v) is 1.65. The van der Waals surface area contributed by atoms with Gasteiger partial charge in [-0.2, -0.15) is 0 Å². The molecule has 0 spiro atoms. The average Bonchev–Trinajstić information content (AvgIpc) is 2.23. The number of hydrogen-bond donors (Lipinski definition) is 2. The van der Waals surface area contributed by atoms with Gasteiger partial charge in [0.2, 0.25) is 0 Å². The van der Waals surface area contributed by atoms with Crippen LogP contribution in [0, 0.1) is 0 Å². The van der Waals surface area contributed by atoms with Gasteiger partial charge in [-0.05, 0) is 33.6 Å². The first-order valence-corrected chi connectivity index (χ1v) is 5.78. The minimum atomic E-state index is -2.72. The number of nitrogens with one attached hydrogen (secondary N) is 1. The molecule has 16 heavy (non-hydrogen) atoms. The van der Waals surface area contributed by atoms with Gasteiger partial charge in [0.25, 0.3) is 6.43 Å². The predicted octanol–water partition coefficient (Wildman–Crippen LogP) is 2.82. The zero-order chi connectivity index (χ0) is 12.1. The molecule has 90 valence electrons. The van der Waals surface area contributed by atoms with Gasteiger partial charge in [0.05, 0.1) is 5.02 Å². The highest BCUT2D eigenvalue weighted by Crippen LogP contribution is 2.23. The van der Waals surface area contributed by atoms with Gasteiger partial charge in [0, 0.05) is 17.6 Å². The number of aliphatic hydroxyl groups excluding tert-OH is 1. The number of rotatable bonds is 5. The van der Waals surface area contributed by atoms with E-state index in [9.17, 15) is 8.78 Å². The van der Waals surface area contributed by atoms with E-state index in [1.165, 1.54) is 0 Å². The molecule has 0 aliphatic heterocycles. The fraction of sp³-hybridized carbons (Fsp3) is 0.400. The highest BCUT2D eigenvalue weighted by atomic mass is 79.9. The number of alkyl halides is 2. The Bertz CT molecular complexity index is 352. The molecule has 1 aromatic carbocycles. The van der Waals surface area contributed by atoms with Crippen LogP contribution in [-0.4, -0.2) is 24.2 Å². The Kier molecular flexibility index (Phi) is 5.61. The highest BCUT2D eigenvalue weighted by molar-refractivity contribution is 9.10. The minimum Gasteiger partial charge on any atom is -0.386 e. The molecule has 0 saturated carbocycles. The van der Waals surface area contributed by atoms with E-state index in [2.05, 4.69) is 21.2 Å². The summed E-state index contributed by atoms with van der Waals surface area (Å²) in [5, 5.41) is 12.2. The number of benzene rings is 1. The highest BCUT2D eigenvalue weighted by Gasteiger charge is 2.15. The largest absolute Gasteiger partial charge is 0.386 e. The molecule has 0 amide bonds. The number of hydrogen-bond acceptors (Lipinski definition) is 2. The Morgan fingerprint density at radius 3 is 2.69 bits per heavy atom. The van der Waals surface area contributed by atoms with Gasteiger partial charge >= 0.3 is 0 Å². The van der Waals surface area contributed by atoms with E-state index in [0.29, 0.717) is 11.6 Å². The van der Waals surface area contributed by atoms with Crippen molar-refractivity contribution in [2.75, 3.05) is 6.54 Å². The van der Waals surface area contributed by atoms with E-state index in [1.807, 2.05) is 0 Å². The van der Waals surface area contributed by atoms with Gasteiger partial charge in [-0.3, -0.25) is 0 Å². The maximum absolute atomic E-state index is 12.0. The topological polar surface area (TPSA) is 32.3 Å². The number of aliphatic hydroxyl groups is 1. The summed E-state index contributed by atoms with van der Waals surface area (Å²) in [5.41, 5.74) is 0.901. The van der Waals surface area contributed by atoms with E-state index in [0.717, 1.165) is 10.0 Å². The normalized spacial score (nSPS) is 13.1. The SMILES string of the molecule is OC(CNCc1ccc(Cl)c(Br)c1)C(F)F. The van der Waals surface area contributed by atoms with E-state index >= 15 is 0 Å². The second-order valence-corrected chi connectivity index (χ2v) is 4.54. The van der Waals surface area contributed by atoms with Gasteiger partial charge in [0.15, 0.2) is 0 Å². The van der Waals surface area contributed by atoms with Gasteiger partial charge < -0.3 is 10.4 Å². The summed E-state index contributed by atoms with van der Waals surface area (Å²) in [6.45, 7) is 0.261. The van der Waals surface area contributed by atoms with Gasteiger partial charge in [-0.1, -0.05) is 17.7 Å². The lowest BCUT2D eigenvalue weighted by Crippen LogP contribution is -2.31. The third-order valence-electron chi connectivity index (χ3n) is 1.96. The van der Waals surface area contributed by atoms with Crippen LogP contribution in [0.1, 0.15) is 5.56 Å². The second kappa shape index (κ2) is 6.49. The molecule has 0 fully saturated rings. The quantitative estimate of drug-likeness (QED) is 0.876. The summed E-state index contributed by atoms with van der Waals surface area (Å²) in [6, 6.07) is 5.30. The van der Waals surface area contributed by atoms with E-state index in [1.54, 1.807) is 18.2 Å². The van der Waals surface area contributed by atoms with Gasteiger partial charge in [0.1, 0.15) is 6.10 Å². The van der Waals surface area contributed by atoms with Gasteiger partial charge in [-0.15, -0.1) is 0 Å².